The fraction of sp³-hybridized carbons (Fsp3) is 0.105. The van der Waals surface area contributed by atoms with Crippen LogP contribution in [-0.4, -0.2) is 23.8 Å². The van der Waals surface area contributed by atoms with Gasteiger partial charge in [-0.15, -0.1) is 11.3 Å². The van der Waals surface area contributed by atoms with E-state index in [0.29, 0.717) is 16.4 Å². The molecular weight excluding hydrogens is 336 g/mol. The summed E-state index contributed by atoms with van der Waals surface area (Å²) in [6.45, 7) is 1.85. The van der Waals surface area contributed by atoms with Gasteiger partial charge in [-0.3, -0.25) is 14.9 Å². The van der Waals surface area contributed by atoms with E-state index in [4.69, 9.17) is 4.74 Å². The molecule has 3 aromatic rings. The number of carbonyl (C=O) groups is 2. The number of aromatic nitrogens is 1. The molecule has 1 aromatic heterocycles. The third-order valence-electron chi connectivity index (χ3n) is 3.48. The molecule has 0 radical (unpaired) electrons. The standard InChI is InChI=1S/C19H16N2O3S/c1-13-18(15-5-3-2-4-6-15)21-19(25-13)20-17(23)12-24-16-9-7-14(11-22)8-10-16/h2-11H,12H2,1H3,(H,20,21,23). The Bertz CT molecular complexity index is 873. The average molecular weight is 352 g/mol. The number of ether oxygens (including phenoxy) is 1. The minimum Gasteiger partial charge on any atom is -0.484 e. The fourth-order valence-corrected chi connectivity index (χ4v) is 3.11. The van der Waals surface area contributed by atoms with Gasteiger partial charge in [-0.25, -0.2) is 4.98 Å². The summed E-state index contributed by atoms with van der Waals surface area (Å²) in [6.07, 6.45) is 0.756. The van der Waals surface area contributed by atoms with Gasteiger partial charge in [0.1, 0.15) is 12.0 Å². The van der Waals surface area contributed by atoms with Crippen molar-refractivity contribution in [3.8, 4) is 17.0 Å². The van der Waals surface area contributed by atoms with E-state index in [2.05, 4.69) is 10.3 Å². The average Bonchev–Trinajstić information content (AvgIpc) is 3.01. The number of anilines is 1. The highest BCUT2D eigenvalue weighted by Gasteiger charge is 2.12. The predicted molar refractivity (Wildman–Crippen MR) is 98.2 cm³/mol. The van der Waals surface area contributed by atoms with Crippen molar-refractivity contribution in [1.82, 2.24) is 4.98 Å². The van der Waals surface area contributed by atoms with E-state index in [1.807, 2.05) is 37.3 Å². The molecule has 0 aliphatic carbocycles. The summed E-state index contributed by atoms with van der Waals surface area (Å²) in [5.74, 6) is 0.244. The number of aryl methyl sites for hydroxylation is 1. The van der Waals surface area contributed by atoms with Gasteiger partial charge in [-0.05, 0) is 31.2 Å². The highest BCUT2D eigenvalue weighted by Crippen LogP contribution is 2.30. The first-order valence-electron chi connectivity index (χ1n) is 7.66. The van der Waals surface area contributed by atoms with Crippen LogP contribution in [0.15, 0.2) is 54.6 Å². The number of hydrogen-bond acceptors (Lipinski definition) is 5. The number of nitrogens with zero attached hydrogens (tertiary/aromatic N) is 1. The van der Waals surface area contributed by atoms with Crippen LogP contribution in [0.5, 0.6) is 5.75 Å². The van der Waals surface area contributed by atoms with Crippen LogP contribution >= 0.6 is 11.3 Å². The molecule has 0 saturated carbocycles. The lowest BCUT2D eigenvalue weighted by atomic mass is 10.1. The van der Waals surface area contributed by atoms with Gasteiger partial charge in [0.2, 0.25) is 0 Å². The predicted octanol–water partition coefficient (Wildman–Crippen LogP) is 3.95. The van der Waals surface area contributed by atoms with E-state index in [1.165, 1.54) is 11.3 Å². The number of carbonyl (C=O) groups excluding carboxylic acids is 2. The number of thiazole rings is 1. The van der Waals surface area contributed by atoms with Gasteiger partial charge in [-0.1, -0.05) is 30.3 Å². The number of rotatable bonds is 6. The molecule has 0 aliphatic rings. The molecule has 1 amide bonds. The van der Waals surface area contributed by atoms with Crippen molar-refractivity contribution >= 4 is 28.7 Å². The van der Waals surface area contributed by atoms with E-state index in [1.54, 1.807) is 24.3 Å². The highest BCUT2D eigenvalue weighted by atomic mass is 32.1. The minimum absolute atomic E-state index is 0.125. The Labute approximate surface area is 149 Å². The van der Waals surface area contributed by atoms with Gasteiger partial charge in [-0.2, -0.15) is 0 Å². The zero-order chi connectivity index (χ0) is 17.6. The number of nitrogens with one attached hydrogen (secondary N) is 1. The van der Waals surface area contributed by atoms with Gasteiger partial charge >= 0.3 is 0 Å². The normalized spacial score (nSPS) is 10.3. The summed E-state index contributed by atoms with van der Waals surface area (Å²) >= 11 is 1.43. The van der Waals surface area contributed by atoms with Gasteiger partial charge in [0, 0.05) is 16.0 Å². The summed E-state index contributed by atoms with van der Waals surface area (Å²) in [5.41, 5.74) is 2.44. The third-order valence-corrected chi connectivity index (χ3v) is 4.36. The molecule has 6 heteroatoms. The lowest BCUT2D eigenvalue weighted by Crippen LogP contribution is -2.20. The van der Waals surface area contributed by atoms with E-state index in [-0.39, 0.29) is 12.5 Å². The summed E-state index contributed by atoms with van der Waals surface area (Å²) in [5, 5.41) is 3.30. The zero-order valence-corrected chi connectivity index (χ0v) is 14.4. The Balaban J connectivity index is 1.60. The molecular formula is C19H16N2O3S. The number of aldehydes is 1. The maximum absolute atomic E-state index is 12.0. The second-order valence-electron chi connectivity index (χ2n) is 5.31. The largest absolute Gasteiger partial charge is 0.484 e. The third kappa shape index (κ3) is 4.30. The van der Waals surface area contributed by atoms with Gasteiger partial charge in [0.05, 0.1) is 5.69 Å². The van der Waals surface area contributed by atoms with Crippen molar-refractivity contribution in [2.75, 3.05) is 11.9 Å². The van der Waals surface area contributed by atoms with Crippen molar-refractivity contribution in [3.05, 3.63) is 65.0 Å². The summed E-state index contributed by atoms with van der Waals surface area (Å²) < 4.78 is 5.41. The maximum Gasteiger partial charge on any atom is 0.264 e. The number of amides is 1. The van der Waals surface area contributed by atoms with Crippen molar-refractivity contribution in [2.24, 2.45) is 0 Å². The molecule has 2 aromatic carbocycles. The van der Waals surface area contributed by atoms with E-state index in [0.717, 1.165) is 22.4 Å². The van der Waals surface area contributed by atoms with Crippen molar-refractivity contribution in [3.63, 3.8) is 0 Å². The molecule has 0 aliphatic heterocycles. The Morgan fingerprint density at radius 1 is 1.16 bits per heavy atom. The highest BCUT2D eigenvalue weighted by molar-refractivity contribution is 7.16. The van der Waals surface area contributed by atoms with Gasteiger partial charge in [0.15, 0.2) is 11.7 Å². The number of benzene rings is 2. The van der Waals surface area contributed by atoms with Gasteiger partial charge < -0.3 is 4.74 Å². The zero-order valence-electron chi connectivity index (χ0n) is 13.6. The Morgan fingerprint density at radius 3 is 2.56 bits per heavy atom. The molecule has 25 heavy (non-hydrogen) atoms. The van der Waals surface area contributed by atoms with Crippen LogP contribution in [-0.2, 0) is 4.79 Å². The Hall–Kier alpha value is -2.99. The molecule has 0 atom stereocenters. The SMILES string of the molecule is Cc1sc(NC(=O)COc2ccc(C=O)cc2)nc1-c1ccccc1. The van der Waals surface area contributed by atoms with Crippen LogP contribution < -0.4 is 10.1 Å². The lowest BCUT2D eigenvalue weighted by molar-refractivity contribution is -0.118. The first-order chi connectivity index (χ1) is 12.2. The molecule has 3 rings (SSSR count). The molecule has 5 nitrogen and oxygen atoms in total. The van der Waals surface area contributed by atoms with E-state index < -0.39 is 0 Å². The first kappa shape index (κ1) is 16.9. The monoisotopic (exact) mass is 352 g/mol. The second kappa shape index (κ2) is 7.72. The smallest absolute Gasteiger partial charge is 0.264 e. The topological polar surface area (TPSA) is 68.3 Å². The van der Waals surface area contributed by atoms with Crippen LogP contribution in [0.3, 0.4) is 0 Å². The van der Waals surface area contributed by atoms with Crippen LogP contribution in [0.1, 0.15) is 15.2 Å². The second-order valence-corrected chi connectivity index (χ2v) is 6.52. The Morgan fingerprint density at radius 2 is 1.88 bits per heavy atom. The van der Waals surface area contributed by atoms with E-state index in [9.17, 15) is 9.59 Å². The number of hydrogen-bond donors (Lipinski definition) is 1. The van der Waals surface area contributed by atoms with E-state index >= 15 is 0 Å². The lowest BCUT2D eigenvalue weighted by Gasteiger charge is -2.05. The molecule has 0 bridgehead atoms. The molecule has 126 valence electrons. The Kier molecular flexibility index (Phi) is 5.20. The summed E-state index contributed by atoms with van der Waals surface area (Å²) in [7, 11) is 0. The van der Waals surface area contributed by atoms with Crippen LogP contribution in [0.4, 0.5) is 5.13 Å². The molecule has 0 fully saturated rings. The molecule has 1 N–H and O–H groups in total. The fourth-order valence-electron chi connectivity index (χ4n) is 2.26. The summed E-state index contributed by atoms with van der Waals surface area (Å²) in [4.78, 5) is 28.2. The van der Waals surface area contributed by atoms with Crippen molar-refractivity contribution < 1.29 is 14.3 Å². The quantitative estimate of drug-likeness (QED) is 0.682. The molecule has 0 unspecified atom stereocenters. The molecule has 0 saturated heterocycles. The minimum atomic E-state index is -0.284. The van der Waals surface area contributed by atoms with Crippen LogP contribution in [0.25, 0.3) is 11.3 Å². The van der Waals surface area contributed by atoms with Crippen molar-refractivity contribution in [1.29, 1.82) is 0 Å². The maximum atomic E-state index is 12.0. The summed E-state index contributed by atoms with van der Waals surface area (Å²) in [6, 6.07) is 16.4. The molecule has 0 spiro atoms. The first-order valence-corrected chi connectivity index (χ1v) is 8.48. The van der Waals surface area contributed by atoms with Crippen LogP contribution in [0.2, 0.25) is 0 Å². The van der Waals surface area contributed by atoms with Crippen LogP contribution in [0, 0.1) is 6.92 Å². The molecule has 1 heterocycles. The van der Waals surface area contributed by atoms with Crippen molar-refractivity contribution in [2.45, 2.75) is 6.92 Å². The van der Waals surface area contributed by atoms with Gasteiger partial charge in [0.25, 0.3) is 5.91 Å².